The molecular formula is C40H68O4. The van der Waals surface area contributed by atoms with Crippen LogP contribution >= 0.6 is 0 Å². The number of aliphatic carboxylic acids is 1. The van der Waals surface area contributed by atoms with E-state index in [1.807, 2.05) is 0 Å². The first kappa shape index (κ1) is 41.6. The van der Waals surface area contributed by atoms with E-state index in [0.29, 0.717) is 6.42 Å². The third kappa shape index (κ3) is 34.1. The molecule has 1 atom stereocenters. The largest absolute Gasteiger partial charge is 0.481 e. The molecule has 252 valence electrons. The maximum absolute atomic E-state index is 12.6. The summed E-state index contributed by atoms with van der Waals surface area (Å²) in [6.07, 6.45) is 48.0. The molecule has 0 saturated carbocycles. The van der Waals surface area contributed by atoms with Crippen molar-refractivity contribution >= 4 is 11.9 Å². The van der Waals surface area contributed by atoms with Gasteiger partial charge in [0.05, 0.1) is 0 Å². The Hall–Kier alpha value is -2.36. The molecule has 0 bridgehead atoms. The predicted molar refractivity (Wildman–Crippen MR) is 190 cm³/mol. The lowest BCUT2D eigenvalue weighted by molar-refractivity contribution is -0.150. The van der Waals surface area contributed by atoms with Gasteiger partial charge in [0, 0.05) is 12.8 Å². The smallest absolute Gasteiger partial charge is 0.306 e. The Kier molecular flexibility index (Phi) is 33.2. The normalized spacial score (nSPS) is 13.0. The molecule has 0 radical (unpaired) electrons. The SMILES string of the molecule is CC/C=C\C/C=C\C/C=C\C/C=C\C/C=C\CCCCCC(=O)OC(CCCCCCCCCC)CCCCCCC(=O)O. The Morgan fingerprint density at radius 3 is 1.48 bits per heavy atom. The molecule has 0 fully saturated rings. The molecule has 0 aromatic carbocycles. The summed E-state index contributed by atoms with van der Waals surface area (Å²) in [5, 5.41) is 8.82. The van der Waals surface area contributed by atoms with Gasteiger partial charge in [-0.15, -0.1) is 0 Å². The van der Waals surface area contributed by atoms with Gasteiger partial charge in [-0.1, -0.05) is 139 Å². The van der Waals surface area contributed by atoms with E-state index < -0.39 is 5.97 Å². The lowest BCUT2D eigenvalue weighted by Gasteiger charge is -2.18. The second-order valence-corrected chi connectivity index (χ2v) is 12.0. The summed E-state index contributed by atoms with van der Waals surface area (Å²) in [7, 11) is 0. The van der Waals surface area contributed by atoms with Crippen molar-refractivity contribution in [3.8, 4) is 0 Å². The Balaban J connectivity index is 4.03. The van der Waals surface area contributed by atoms with Crippen LogP contribution in [-0.4, -0.2) is 23.1 Å². The molecule has 44 heavy (non-hydrogen) atoms. The van der Waals surface area contributed by atoms with Gasteiger partial charge >= 0.3 is 11.9 Å². The zero-order chi connectivity index (χ0) is 32.2. The van der Waals surface area contributed by atoms with Crippen molar-refractivity contribution in [3.05, 3.63) is 60.8 Å². The van der Waals surface area contributed by atoms with Crippen LogP contribution in [-0.2, 0) is 14.3 Å². The maximum Gasteiger partial charge on any atom is 0.306 e. The molecule has 0 amide bonds. The maximum atomic E-state index is 12.6. The summed E-state index contributed by atoms with van der Waals surface area (Å²) in [6, 6.07) is 0. The van der Waals surface area contributed by atoms with Gasteiger partial charge in [-0.05, 0) is 83.5 Å². The second-order valence-electron chi connectivity index (χ2n) is 12.0. The predicted octanol–water partition coefficient (Wildman–Crippen LogP) is 12.6. The number of ether oxygens (including phenoxy) is 1. The highest BCUT2D eigenvalue weighted by atomic mass is 16.5. The van der Waals surface area contributed by atoms with Crippen molar-refractivity contribution in [2.45, 2.75) is 180 Å². The number of carbonyl (C=O) groups excluding carboxylic acids is 1. The summed E-state index contributed by atoms with van der Waals surface area (Å²) in [5.74, 6) is -0.764. The van der Waals surface area contributed by atoms with Crippen LogP contribution in [0.25, 0.3) is 0 Å². The summed E-state index contributed by atoms with van der Waals surface area (Å²) >= 11 is 0. The van der Waals surface area contributed by atoms with Gasteiger partial charge in [0.25, 0.3) is 0 Å². The first-order valence-corrected chi connectivity index (χ1v) is 18.3. The Bertz CT molecular complexity index is 789. The van der Waals surface area contributed by atoms with Crippen LogP contribution in [0.5, 0.6) is 0 Å². The Morgan fingerprint density at radius 1 is 0.523 bits per heavy atom. The fourth-order valence-corrected chi connectivity index (χ4v) is 5.09. The van der Waals surface area contributed by atoms with Gasteiger partial charge in [0.1, 0.15) is 6.10 Å². The molecule has 1 N–H and O–H groups in total. The minimum atomic E-state index is -0.718. The molecule has 1 unspecified atom stereocenters. The Labute approximate surface area is 272 Å². The zero-order valence-corrected chi connectivity index (χ0v) is 28.7. The van der Waals surface area contributed by atoms with Crippen molar-refractivity contribution < 1.29 is 19.4 Å². The highest BCUT2D eigenvalue weighted by Crippen LogP contribution is 2.18. The standard InChI is InChI=1S/C40H68O4/c1-3-5-7-9-11-13-14-15-16-17-18-19-20-21-22-23-25-27-33-37-40(43)44-38(35-31-28-29-32-36-39(41)42)34-30-26-24-12-10-8-6-4-2/h5,7,11,13,15-16,18-19,21-22,38H,3-4,6,8-10,12,14,17,20,23-37H2,1-2H3,(H,41,42)/b7-5-,13-11-,16-15-,19-18-,22-21-. The van der Waals surface area contributed by atoms with Gasteiger partial charge in [-0.3, -0.25) is 9.59 Å². The quantitative estimate of drug-likeness (QED) is 0.0466. The van der Waals surface area contributed by atoms with Crippen LogP contribution in [0.4, 0.5) is 0 Å². The van der Waals surface area contributed by atoms with Crippen molar-refractivity contribution in [2.75, 3.05) is 0 Å². The summed E-state index contributed by atoms with van der Waals surface area (Å²) in [6.45, 7) is 4.41. The molecule has 0 saturated heterocycles. The van der Waals surface area contributed by atoms with E-state index in [2.05, 4.69) is 74.6 Å². The molecule has 4 heteroatoms. The number of hydrogen-bond acceptors (Lipinski definition) is 3. The molecule has 0 aliphatic rings. The van der Waals surface area contributed by atoms with Crippen molar-refractivity contribution in [3.63, 3.8) is 0 Å². The fraction of sp³-hybridized carbons (Fsp3) is 0.700. The van der Waals surface area contributed by atoms with E-state index in [4.69, 9.17) is 9.84 Å². The number of carboxylic acid groups (broad SMARTS) is 1. The molecule has 0 aliphatic carbocycles. The molecule has 0 rings (SSSR count). The van der Waals surface area contributed by atoms with E-state index in [9.17, 15) is 9.59 Å². The highest BCUT2D eigenvalue weighted by Gasteiger charge is 2.14. The number of carboxylic acids is 1. The molecule has 0 aromatic heterocycles. The minimum absolute atomic E-state index is 0.0170. The van der Waals surface area contributed by atoms with Crippen LogP contribution in [0.3, 0.4) is 0 Å². The number of hydrogen-bond donors (Lipinski definition) is 1. The zero-order valence-electron chi connectivity index (χ0n) is 28.7. The van der Waals surface area contributed by atoms with E-state index >= 15 is 0 Å². The summed E-state index contributed by atoms with van der Waals surface area (Å²) in [5.41, 5.74) is 0. The molecule has 4 nitrogen and oxygen atoms in total. The lowest BCUT2D eigenvalue weighted by atomic mass is 10.0. The summed E-state index contributed by atoms with van der Waals surface area (Å²) < 4.78 is 5.93. The first-order chi connectivity index (χ1) is 21.6. The van der Waals surface area contributed by atoms with Crippen LogP contribution in [0.1, 0.15) is 174 Å². The van der Waals surface area contributed by atoms with Crippen LogP contribution in [0.2, 0.25) is 0 Å². The lowest BCUT2D eigenvalue weighted by Crippen LogP contribution is -2.18. The van der Waals surface area contributed by atoms with E-state index in [-0.39, 0.29) is 18.5 Å². The second kappa shape index (κ2) is 35.1. The van der Waals surface area contributed by atoms with Crippen LogP contribution < -0.4 is 0 Å². The van der Waals surface area contributed by atoms with E-state index in [1.54, 1.807) is 0 Å². The molecule has 0 heterocycles. The van der Waals surface area contributed by atoms with Crippen molar-refractivity contribution in [2.24, 2.45) is 0 Å². The Morgan fingerprint density at radius 2 is 0.955 bits per heavy atom. The third-order valence-electron chi connectivity index (χ3n) is 7.75. The number of unbranched alkanes of at least 4 members (excludes halogenated alkanes) is 13. The van der Waals surface area contributed by atoms with E-state index in [1.165, 1.54) is 44.9 Å². The third-order valence-corrected chi connectivity index (χ3v) is 7.75. The summed E-state index contributed by atoms with van der Waals surface area (Å²) in [4.78, 5) is 23.3. The average molecular weight is 613 g/mol. The van der Waals surface area contributed by atoms with Gasteiger partial charge in [-0.25, -0.2) is 0 Å². The van der Waals surface area contributed by atoms with Crippen molar-refractivity contribution in [1.29, 1.82) is 0 Å². The van der Waals surface area contributed by atoms with E-state index in [0.717, 1.165) is 103 Å². The average Bonchev–Trinajstić information content (AvgIpc) is 3.01. The number of allylic oxidation sites excluding steroid dienone is 10. The minimum Gasteiger partial charge on any atom is -0.481 e. The molecular weight excluding hydrogens is 544 g/mol. The first-order valence-electron chi connectivity index (χ1n) is 18.3. The van der Waals surface area contributed by atoms with Gasteiger partial charge in [-0.2, -0.15) is 0 Å². The highest BCUT2D eigenvalue weighted by molar-refractivity contribution is 5.69. The van der Waals surface area contributed by atoms with Crippen LogP contribution in [0.15, 0.2) is 60.8 Å². The topological polar surface area (TPSA) is 63.6 Å². The fourth-order valence-electron chi connectivity index (χ4n) is 5.09. The number of rotatable bonds is 32. The van der Waals surface area contributed by atoms with Crippen molar-refractivity contribution in [1.82, 2.24) is 0 Å². The molecule has 0 aliphatic heterocycles. The molecule has 0 aromatic rings. The van der Waals surface area contributed by atoms with Gasteiger partial charge in [0.2, 0.25) is 0 Å². The number of carbonyl (C=O) groups is 2. The monoisotopic (exact) mass is 613 g/mol. The van der Waals surface area contributed by atoms with Gasteiger partial charge < -0.3 is 9.84 Å². The molecule has 0 spiro atoms. The van der Waals surface area contributed by atoms with Crippen LogP contribution in [0, 0.1) is 0 Å². The van der Waals surface area contributed by atoms with Gasteiger partial charge in [0.15, 0.2) is 0 Å². The number of esters is 1.